The summed E-state index contributed by atoms with van der Waals surface area (Å²) in [5.74, 6) is 1.26. The second kappa shape index (κ2) is 12.4. The van der Waals surface area contributed by atoms with Gasteiger partial charge in [-0.25, -0.2) is 4.39 Å². The van der Waals surface area contributed by atoms with Gasteiger partial charge in [0.2, 0.25) is 0 Å². The lowest BCUT2D eigenvalue weighted by Crippen LogP contribution is -2.46. The van der Waals surface area contributed by atoms with Crippen molar-refractivity contribution in [2.24, 2.45) is 10.9 Å². The summed E-state index contributed by atoms with van der Waals surface area (Å²) >= 11 is 1.47. The number of rotatable bonds is 6. The molecule has 0 radical (unpaired) electrons. The molecule has 0 atom stereocenters. The van der Waals surface area contributed by atoms with Crippen LogP contribution in [0.25, 0.3) is 0 Å². The second-order valence-corrected chi connectivity index (χ2v) is 6.94. The fraction of sp³-hybridized carbons (Fsp3) is 0.556. The molecule has 146 valence electrons. The van der Waals surface area contributed by atoms with Crippen LogP contribution in [0.2, 0.25) is 0 Å². The number of aliphatic imine (C=N–C) groups is 1. The van der Waals surface area contributed by atoms with Gasteiger partial charge in [0.25, 0.3) is 0 Å². The predicted molar refractivity (Wildman–Crippen MR) is 115 cm³/mol. The molecule has 1 aliphatic rings. The molecule has 2 rings (SSSR count). The van der Waals surface area contributed by atoms with Crippen LogP contribution in [0.5, 0.6) is 0 Å². The Bertz CT molecular complexity index is 596. The summed E-state index contributed by atoms with van der Waals surface area (Å²) in [6.45, 7) is 5.00. The third-order valence-corrected chi connectivity index (χ3v) is 5.14. The summed E-state index contributed by atoms with van der Waals surface area (Å²) < 4.78 is 18.4. The SMILES string of the molecule is CCNC(=NCCSc1ccccc1F)N1CCC(C(=O)OC)CC1.I. The first kappa shape index (κ1) is 23.0. The zero-order valence-corrected chi connectivity index (χ0v) is 18.4. The second-order valence-electron chi connectivity index (χ2n) is 5.80. The monoisotopic (exact) mass is 495 g/mol. The van der Waals surface area contributed by atoms with Crippen molar-refractivity contribution >= 4 is 47.7 Å². The van der Waals surface area contributed by atoms with Gasteiger partial charge in [-0.1, -0.05) is 12.1 Å². The first-order valence-corrected chi connectivity index (χ1v) is 9.62. The molecule has 1 N–H and O–H groups in total. The van der Waals surface area contributed by atoms with Gasteiger partial charge < -0.3 is 15.0 Å². The van der Waals surface area contributed by atoms with Crippen LogP contribution in [0.3, 0.4) is 0 Å². The van der Waals surface area contributed by atoms with Crippen LogP contribution in [0.1, 0.15) is 19.8 Å². The Balaban J connectivity index is 0.00000338. The number of carbonyl (C=O) groups excluding carboxylic acids is 1. The van der Waals surface area contributed by atoms with E-state index in [1.165, 1.54) is 24.9 Å². The Labute approximate surface area is 176 Å². The number of carbonyl (C=O) groups is 1. The molecule has 1 saturated heterocycles. The topological polar surface area (TPSA) is 53.9 Å². The minimum atomic E-state index is -0.187. The van der Waals surface area contributed by atoms with E-state index in [1.54, 1.807) is 12.1 Å². The van der Waals surface area contributed by atoms with Crippen LogP contribution < -0.4 is 5.32 Å². The normalized spacial score (nSPS) is 15.3. The van der Waals surface area contributed by atoms with Crippen molar-refractivity contribution < 1.29 is 13.9 Å². The molecular weight excluding hydrogens is 468 g/mol. The molecule has 0 bridgehead atoms. The molecule has 1 fully saturated rings. The number of nitrogens with one attached hydrogen (secondary N) is 1. The number of esters is 1. The first-order chi connectivity index (χ1) is 12.2. The molecule has 1 aromatic carbocycles. The Morgan fingerprint density at radius 1 is 1.38 bits per heavy atom. The summed E-state index contributed by atoms with van der Waals surface area (Å²) in [6.07, 6.45) is 1.56. The number of halogens is 2. The maximum absolute atomic E-state index is 13.6. The summed E-state index contributed by atoms with van der Waals surface area (Å²) in [4.78, 5) is 19.1. The molecule has 0 aliphatic carbocycles. The quantitative estimate of drug-likeness (QED) is 0.164. The molecule has 26 heavy (non-hydrogen) atoms. The van der Waals surface area contributed by atoms with Crippen LogP contribution in [-0.4, -0.2) is 55.9 Å². The van der Waals surface area contributed by atoms with E-state index < -0.39 is 0 Å². The average Bonchev–Trinajstić information content (AvgIpc) is 2.65. The highest BCUT2D eigenvalue weighted by Gasteiger charge is 2.26. The number of guanidine groups is 1. The number of nitrogens with zero attached hydrogens (tertiary/aromatic N) is 2. The number of hydrogen-bond acceptors (Lipinski definition) is 4. The Hall–Kier alpha value is -1.03. The molecular formula is C18H27FIN3O2S. The van der Waals surface area contributed by atoms with Crippen molar-refractivity contribution in [1.82, 2.24) is 10.2 Å². The van der Waals surface area contributed by atoms with E-state index >= 15 is 0 Å². The number of hydrogen-bond donors (Lipinski definition) is 1. The average molecular weight is 495 g/mol. The number of thioether (sulfide) groups is 1. The highest BCUT2D eigenvalue weighted by molar-refractivity contribution is 14.0. The first-order valence-electron chi connectivity index (χ1n) is 8.64. The fourth-order valence-corrected chi connectivity index (χ4v) is 3.57. The minimum Gasteiger partial charge on any atom is -0.469 e. The fourth-order valence-electron chi connectivity index (χ4n) is 2.79. The van der Waals surface area contributed by atoms with Crippen molar-refractivity contribution in [1.29, 1.82) is 0 Å². The molecule has 0 spiro atoms. The lowest BCUT2D eigenvalue weighted by molar-refractivity contribution is -0.146. The van der Waals surface area contributed by atoms with Crippen LogP contribution in [0.4, 0.5) is 4.39 Å². The molecule has 1 aromatic rings. The summed E-state index contributed by atoms with van der Waals surface area (Å²) in [6, 6.07) is 6.79. The predicted octanol–water partition coefficient (Wildman–Crippen LogP) is 3.39. The molecule has 0 saturated carbocycles. The van der Waals surface area contributed by atoms with E-state index in [4.69, 9.17) is 4.74 Å². The largest absolute Gasteiger partial charge is 0.469 e. The minimum absolute atomic E-state index is 0. The van der Waals surface area contributed by atoms with E-state index in [2.05, 4.69) is 15.2 Å². The van der Waals surface area contributed by atoms with E-state index in [0.29, 0.717) is 17.2 Å². The standard InChI is InChI=1S/C18H26FN3O2S.HI/c1-3-20-18(22-11-8-14(9-12-22)17(23)24-2)21-10-13-25-16-7-5-4-6-15(16)19;/h4-7,14H,3,8-13H2,1-2H3,(H,20,21);1H. The van der Waals surface area contributed by atoms with E-state index in [1.807, 2.05) is 13.0 Å². The molecule has 0 aromatic heterocycles. The highest BCUT2D eigenvalue weighted by atomic mass is 127. The third-order valence-electron chi connectivity index (χ3n) is 4.11. The van der Waals surface area contributed by atoms with Gasteiger partial charge in [-0.05, 0) is 31.9 Å². The van der Waals surface area contributed by atoms with Gasteiger partial charge in [-0.2, -0.15) is 0 Å². The molecule has 1 heterocycles. The Kier molecular flexibility index (Phi) is 11.0. The van der Waals surface area contributed by atoms with Crippen molar-refractivity contribution in [3.05, 3.63) is 30.1 Å². The number of ether oxygens (including phenoxy) is 1. The summed E-state index contributed by atoms with van der Waals surface area (Å²) in [7, 11) is 1.44. The molecule has 0 unspecified atom stereocenters. The van der Waals surface area contributed by atoms with Gasteiger partial charge in [0.15, 0.2) is 5.96 Å². The van der Waals surface area contributed by atoms with E-state index in [0.717, 1.165) is 38.4 Å². The van der Waals surface area contributed by atoms with E-state index in [-0.39, 0.29) is 41.7 Å². The van der Waals surface area contributed by atoms with Crippen LogP contribution in [0.15, 0.2) is 34.2 Å². The van der Waals surface area contributed by atoms with E-state index in [9.17, 15) is 9.18 Å². The number of piperidine rings is 1. The Morgan fingerprint density at radius 2 is 2.08 bits per heavy atom. The lowest BCUT2D eigenvalue weighted by Gasteiger charge is -2.33. The smallest absolute Gasteiger partial charge is 0.308 e. The Morgan fingerprint density at radius 3 is 2.69 bits per heavy atom. The van der Waals surface area contributed by atoms with Crippen molar-refractivity contribution in [3.8, 4) is 0 Å². The highest BCUT2D eigenvalue weighted by Crippen LogP contribution is 2.21. The van der Waals surface area contributed by atoms with Crippen molar-refractivity contribution in [2.45, 2.75) is 24.7 Å². The number of benzene rings is 1. The van der Waals surface area contributed by atoms with Gasteiger partial charge in [-0.3, -0.25) is 9.79 Å². The maximum atomic E-state index is 13.6. The number of likely N-dealkylation sites (tertiary alicyclic amines) is 1. The van der Waals surface area contributed by atoms with Crippen LogP contribution >= 0.6 is 35.7 Å². The van der Waals surface area contributed by atoms with Crippen LogP contribution in [0, 0.1) is 11.7 Å². The maximum Gasteiger partial charge on any atom is 0.308 e. The van der Waals surface area contributed by atoms with Gasteiger partial charge in [0.1, 0.15) is 5.82 Å². The zero-order valence-electron chi connectivity index (χ0n) is 15.2. The van der Waals surface area contributed by atoms with Gasteiger partial charge >= 0.3 is 5.97 Å². The van der Waals surface area contributed by atoms with Crippen molar-refractivity contribution in [3.63, 3.8) is 0 Å². The van der Waals surface area contributed by atoms with Crippen molar-refractivity contribution in [2.75, 3.05) is 39.0 Å². The van der Waals surface area contributed by atoms with Gasteiger partial charge in [0, 0.05) is 30.3 Å². The third kappa shape index (κ3) is 6.94. The van der Waals surface area contributed by atoms with Crippen LogP contribution in [-0.2, 0) is 9.53 Å². The molecule has 8 heteroatoms. The molecule has 5 nitrogen and oxygen atoms in total. The zero-order chi connectivity index (χ0) is 18.1. The number of methoxy groups -OCH3 is 1. The summed E-state index contributed by atoms with van der Waals surface area (Å²) in [5, 5.41) is 3.30. The van der Waals surface area contributed by atoms with Gasteiger partial charge in [-0.15, -0.1) is 35.7 Å². The molecule has 1 aliphatic heterocycles. The summed E-state index contributed by atoms with van der Waals surface area (Å²) in [5.41, 5.74) is 0. The lowest BCUT2D eigenvalue weighted by atomic mass is 9.97. The molecule has 0 amide bonds. The van der Waals surface area contributed by atoms with Gasteiger partial charge in [0.05, 0.1) is 19.6 Å².